The van der Waals surface area contributed by atoms with E-state index in [-0.39, 0.29) is 48.4 Å². The van der Waals surface area contributed by atoms with Crippen LogP contribution in [-0.4, -0.2) is 57.3 Å². The minimum Gasteiger partial charge on any atom is -0.355 e. The molecule has 2 aromatic rings. The number of aryl methyl sites for hydroxylation is 1. The fourth-order valence-electron chi connectivity index (χ4n) is 5.77. The zero-order chi connectivity index (χ0) is 29.0. The van der Waals surface area contributed by atoms with Gasteiger partial charge in [0, 0.05) is 24.7 Å². The van der Waals surface area contributed by atoms with Gasteiger partial charge in [0.05, 0.1) is 11.4 Å². The molecule has 1 heterocycles. The van der Waals surface area contributed by atoms with Crippen molar-refractivity contribution in [1.29, 1.82) is 0 Å². The zero-order valence-corrected chi connectivity index (χ0v) is 21.3. The molecular weight excluding hydrogens is 560 g/mol. The van der Waals surface area contributed by atoms with E-state index in [9.17, 15) is 48.3 Å². The maximum absolute atomic E-state index is 14.8. The molecule has 0 spiro atoms. The number of halogens is 8. The number of alkyl halides is 7. The number of hydrogen-bond donors (Lipinski definition) is 1. The van der Waals surface area contributed by atoms with E-state index < -0.39 is 55.9 Å². The number of nitrogens with one attached hydrogen (secondary N) is 1. The molecule has 39 heavy (non-hydrogen) atoms. The van der Waals surface area contributed by atoms with E-state index in [0.717, 1.165) is 30.3 Å². The Balaban J connectivity index is 1.91. The van der Waals surface area contributed by atoms with Gasteiger partial charge in [0.15, 0.2) is 9.84 Å². The number of nitrogens with zero attached hydrogens (tertiary/aromatic N) is 1. The van der Waals surface area contributed by atoms with Gasteiger partial charge in [-0.3, -0.25) is 9.69 Å². The molecule has 1 N–H and O–H groups in total. The molecule has 1 aliphatic heterocycles. The average molecular weight is 585 g/mol. The van der Waals surface area contributed by atoms with Crippen LogP contribution in [-0.2, 0) is 31.5 Å². The lowest BCUT2D eigenvalue weighted by molar-refractivity contribution is -0.348. The highest BCUT2D eigenvalue weighted by Gasteiger charge is 2.73. The van der Waals surface area contributed by atoms with Crippen LogP contribution in [0.4, 0.5) is 35.1 Å². The second kappa shape index (κ2) is 9.72. The maximum Gasteiger partial charge on any atom is 0.435 e. The summed E-state index contributed by atoms with van der Waals surface area (Å²) in [5.41, 5.74) is -7.62. The number of likely N-dealkylation sites (tertiary alicyclic amines) is 1. The number of likely N-dealkylation sites (N-methyl/N-ethyl adjacent to an activating group) is 1. The molecule has 2 aromatic carbocycles. The van der Waals surface area contributed by atoms with Crippen molar-refractivity contribution < 1.29 is 48.3 Å². The Kier molecular flexibility index (Phi) is 7.29. The van der Waals surface area contributed by atoms with E-state index in [1.54, 1.807) is 11.8 Å². The Morgan fingerprint density at radius 3 is 2.21 bits per heavy atom. The predicted molar refractivity (Wildman–Crippen MR) is 124 cm³/mol. The number of benzene rings is 2. The molecule has 0 unspecified atom stereocenters. The molecule has 2 atom stereocenters. The summed E-state index contributed by atoms with van der Waals surface area (Å²) in [5, 5.41) is 2.60. The molecule has 1 aliphatic carbocycles. The van der Waals surface area contributed by atoms with Gasteiger partial charge in [0.25, 0.3) is 0 Å². The van der Waals surface area contributed by atoms with Gasteiger partial charge in [-0.15, -0.1) is 0 Å². The van der Waals surface area contributed by atoms with Gasteiger partial charge in [-0.2, -0.15) is 26.3 Å². The summed E-state index contributed by atoms with van der Waals surface area (Å²) >= 11 is 0. The summed E-state index contributed by atoms with van der Waals surface area (Å²) in [6, 6.07) is 4.54. The maximum atomic E-state index is 14.8. The first kappa shape index (κ1) is 29.2. The van der Waals surface area contributed by atoms with E-state index >= 15 is 0 Å². The number of carbonyl (C=O) groups excluding carboxylic acids is 1. The summed E-state index contributed by atoms with van der Waals surface area (Å²) in [7, 11) is -4.45. The topological polar surface area (TPSA) is 66.5 Å². The number of hydrogen-bond acceptors (Lipinski definition) is 4. The first-order valence-corrected chi connectivity index (χ1v) is 13.5. The zero-order valence-electron chi connectivity index (χ0n) is 20.5. The Morgan fingerprint density at radius 1 is 1.03 bits per heavy atom. The quantitative estimate of drug-likeness (QED) is 0.386. The second-order valence-corrected chi connectivity index (χ2v) is 11.8. The van der Waals surface area contributed by atoms with Crippen molar-refractivity contribution >= 4 is 15.7 Å². The Labute approximate surface area is 219 Å². The van der Waals surface area contributed by atoms with Gasteiger partial charge in [-0.05, 0) is 61.6 Å². The highest BCUT2D eigenvalue weighted by Crippen LogP contribution is 2.56. The number of carbonyl (C=O) groups is 1. The lowest BCUT2D eigenvalue weighted by Crippen LogP contribution is -2.53. The van der Waals surface area contributed by atoms with Crippen molar-refractivity contribution in [1.82, 2.24) is 10.2 Å². The molecule has 5 nitrogen and oxygen atoms in total. The first-order valence-electron chi connectivity index (χ1n) is 12.0. The van der Waals surface area contributed by atoms with Crippen molar-refractivity contribution in [2.45, 2.75) is 59.9 Å². The summed E-state index contributed by atoms with van der Waals surface area (Å²) in [4.78, 5) is 13.6. The summed E-state index contributed by atoms with van der Waals surface area (Å²) < 4.78 is 135. The predicted octanol–water partition coefficient (Wildman–Crippen LogP) is 4.94. The number of rotatable bonds is 6. The van der Waals surface area contributed by atoms with E-state index in [4.69, 9.17) is 0 Å². The Bertz CT molecular complexity index is 1340. The van der Waals surface area contributed by atoms with E-state index in [0.29, 0.717) is 18.7 Å². The van der Waals surface area contributed by atoms with E-state index in [1.165, 1.54) is 0 Å². The van der Waals surface area contributed by atoms with E-state index in [2.05, 4.69) is 5.32 Å². The van der Waals surface area contributed by atoms with Crippen LogP contribution >= 0.6 is 0 Å². The van der Waals surface area contributed by atoms with Crippen LogP contribution in [0.15, 0.2) is 47.4 Å². The van der Waals surface area contributed by atoms with Crippen LogP contribution in [0.2, 0.25) is 0 Å². The normalized spacial score (nSPS) is 22.3. The fourth-order valence-corrected chi connectivity index (χ4v) is 8.16. The largest absolute Gasteiger partial charge is 0.435 e. The van der Waals surface area contributed by atoms with Gasteiger partial charge in [-0.1, -0.05) is 18.2 Å². The number of sulfone groups is 1. The van der Waals surface area contributed by atoms with Crippen LogP contribution in [0.3, 0.4) is 0 Å². The van der Waals surface area contributed by atoms with Crippen LogP contribution < -0.4 is 5.32 Å². The lowest BCUT2D eigenvalue weighted by Gasteiger charge is -2.43. The molecule has 1 fully saturated rings. The SMILES string of the molecule is CCNC(=O)CN1CC[C@]2(S(=O)(=O)c3ccc(F)cc3)c3ccc(C(F)(C(F)(F)F)C(F)(F)F)cc3CC[C@H]12. The summed E-state index contributed by atoms with van der Waals surface area (Å²) in [6.45, 7) is 1.88. The van der Waals surface area contributed by atoms with Gasteiger partial charge < -0.3 is 5.32 Å². The third-order valence-corrected chi connectivity index (χ3v) is 10.0. The molecule has 2 aliphatic rings. The first-order chi connectivity index (χ1) is 18.0. The van der Waals surface area contributed by atoms with E-state index in [1.807, 2.05) is 0 Å². The van der Waals surface area contributed by atoms with Gasteiger partial charge in [-0.25, -0.2) is 17.2 Å². The molecule has 0 radical (unpaired) electrons. The van der Waals surface area contributed by atoms with Crippen LogP contribution in [0, 0.1) is 5.82 Å². The van der Waals surface area contributed by atoms with Crippen LogP contribution in [0.1, 0.15) is 36.5 Å². The van der Waals surface area contributed by atoms with Crippen LogP contribution in [0.25, 0.3) is 0 Å². The number of fused-ring (bicyclic) bond motifs is 3. The average Bonchev–Trinajstić information content (AvgIpc) is 3.22. The molecular formula is C25H24F8N2O3S. The van der Waals surface area contributed by atoms with Gasteiger partial charge in [0.1, 0.15) is 10.6 Å². The third kappa shape index (κ3) is 4.48. The molecule has 14 heteroatoms. The summed E-state index contributed by atoms with van der Waals surface area (Å²) in [5.74, 6) is -1.12. The minimum atomic E-state index is -6.33. The van der Waals surface area contributed by atoms with Crippen LogP contribution in [0.5, 0.6) is 0 Å². The second-order valence-electron chi connectivity index (χ2n) is 9.60. The highest BCUT2D eigenvalue weighted by atomic mass is 32.2. The van der Waals surface area contributed by atoms with Gasteiger partial charge in [0.2, 0.25) is 5.91 Å². The molecule has 4 rings (SSSR count). The lowest BCUT2D eigenvalue weighted by atomic mass is 9.77. The standard InChI is InChI=1S/C25H24F8N2O3S/c1-2-34-21(36)14-35-12-11-22(39(37,38)18-7-5-17(26)6-8-18)19-9-4-16(13-15(19)3-10-20(22)35)23(27,24(28,29)30)25(31,32)33/h4-9,13,20H,2-3,10-12,14H2,1H3,(H,34,36)/t20-,22-/m0/s1. The molecule has 0 bridgehead atoms. The molecule has 1 amide bonds. The smallest absolute Gasteiger partial charge is 0.355 e. The molecule has 0 saturated carbocycles. The Morgan fingerprint density at radius 2 is 1.64 bits per heavy atom. The van der Waals surface area contributed by atoms with Crippen molar-refractivity contribution in [3.05, 3.63) is 65.0 Å². The van der Waals surface area contributed by atoms with Crippen molar-refractivity contribution in [2.75, 3.05) is 19.6 Å². The third-order valence-electron chi connectivity index (χ3n) is 7.50. The molecule has 214 valence electrons. The monoisotopic (exact) mass is 584 g/mol. The molecule has 1 saturated heterocycles. The minimum absolute atomic E-state index is 0.0480. The van der Waals surface area contributed by atoms with Crippen molar-refractivity contribution in [3.8, 4) is 0 Å². The molecule has 0 aromatic heterocycles. The van der Waals surface area contributed by atoms with Crippen molar-refractivity contribution in [3.63, 3.8) is 0 Å². The highest BCUT2D eigenvalue weighted by molar-refractivity contribution is 7.92. The van der Waals surface area contributed by atoms with Crippen molar-refractivity contribution in [2.24, 2.45) is 0 Å². The summed E-state index contributed by atoms with van der Waals surface area (Å²) in [6.07, 6.45) is -13.0. The Hall–Kier alpha value is -2.74. The number of amides is 1. The fraction of sp³-hybridized carbons (Fsp3) is 0.480. The van der Waals surface area contributed by atoms with Gasteiger partial charge >= 0.3 is 18.0 Å².